The number of ketones is 1. The number of hydrogen-bond acceptors (Lipinski definition) is 6. The minimum atomic E-state index is -0.445. The van der Waals surface area contributed by atoms with Gasteiger partial charge >= 0.3 is 5.82 Å². The number of nitrogens with zero attached hydrogens (tertiary/aromatic N) is 5. The fourth-order valence-corrected chi connectivity index (χ4v) is 3.49. The fourth-order valence-electron chi connectivity index (χ4n) is 3.49. The third-order valence-electron chi connectivity index (χ3n) is 4.93. The predicted molar refractivity (Wildman–Crippen MR) is 103 cm³/mol. The van der Waals surface area contributed by atoms with Crippen LogP contribution in [0.25, 0.3) is 5.65 Å². The van der Waals surface area contributed by atoms with Crippen molar-refractivity contribution in [3.05, 3.63) is 64.1 Å². The Labute approximate surface area is 160 Å². The molecular weight excluding hydrogens is 365 g/mol. The Morgan fingerprint density at radius 3 is 2.50 bits per heavy atom. The predicted octanol–water partition coefficient (Wildman–Crippen LogP) is 2.91. The molecule has 0 radical (unpaired) electrons. The summed E-state index contributed by atoms with van der Waals surface area (Å²) < 4.78 is 15.9. The molecule has 0 spiro atoms. The Kier molecular flexibility index (Phi) is 4.42. The third kappa shape index (κ3) is 3.04. The normalized spacial score (nSPS) is 14.5. The number of halogens is 1. The van der Waals surface area contributed by atoms with E-state index < -0.39 is 10.7 Å². The maximum Gasteiger partial charge on any atom is 0.372 e. The lowest BCUT2D eigenvalue weighted by atomic mass is 10.1. The summed E-state index contributed by atoms with van der Waals surface area (Å²) in [6.45, 7) is 3.31. The number of benzene rings is 1. The average molecular weight is 383 g/mol. The van der Waals surface area contributed by atoms with E-state index in [0.717, 1.165) is 0 Å². The van der Waals surface area contributed by atoms with Crippen molar-refractivity contribution in [2.45, 2.75) is 6.92 Å². The molecule has 0 N–H and O–H groups in total. The molecule has 8 nitrogen and oxygen atoms in total. The zero-order chi connectivity index (χ0) is 19.8. The van der Waals surface area contributed by atoms with E-state index in [9.17, 15) is 19.3 Å². The smallest absolute Gasteiger partial charge is 0.366 e. The van der Waals surface area contributed by atoms with Crippen LogP contribution in [0, 0.1) is 15.9 Å². The highest BCUT2D eigenvalue weighted by Crippen LogP contribution is 2.30. The van der Waals surface area contributed by atoms with E-state index in [1.54, 1.807) is 36.5 Å². The zero-order valence-electron chi connectivity index (χ0n) is 15.2. The van der Waals surface area contributed by atoms with Gasteiger partial charge in [0, 0.05) is 37.8 Å². The first kappa shape index (κ1) is 17.9. The first-order valence-corrected chi connectivity index (χ1v) is 8.87. The summed E-state index contributed by atoms with van der Waals surface area (Å²) in [6, 6.07) is 9.68. The van der Waals surface area contributed by atoms with Crippen LogP contribution in [0.3, 0.4) is 0 Å². The fraction of sp³-hybridized carbons (Fsp3) is 0.263. The summed E-state index contributed by atoms with van der Waals surface area (Å²) in [5.41, 5.74) is 1.27. The molecule has 1 aliphatic rings. The summed E-state index contributed by atoms with van der Waals surface area (Å²) >= 11 is 0. The molecule has 9 heteroatoms. The number of fused-ring (bicyclic) bond motifs is 1. The number of carbonyl (C=O) groups excluding carboxylic acids is 1. The molecule has 1 fully saturated rings. The Morgan fingerprint density at radius 2 is 1.86 bits per heavy atom. The highest BCUT2D eigenvalue weighted by Gasteiger charge is 2.29. The van der Waals surface area contributed by atoms with Crippen molar-refractivity contribution >= 4 is 28.8 Å². The van der Waals surface area contributed by atoms with Crippen molar-refractivity contribution in [3.8, 4) is 0 Å². The van der Waals surface area contributed by atoms with Crippen molar-refractivity contribution in [2.24, 2.45) is 0 Å². The van der Waals surface area contributed by atoms with Crippen LogP contribution in [0.15, 0.2) is 42.6 Å². The number of piperazine rings is 1. The van der Waals surface area contributed by atoms with Gasteiger partial charge in [-0.15, -0.1) is 0 Å². The number of carbonyl (C=O) groups is 1. The molecule has 1 aromatic carbocycles. The van der Waals surface area contributed by atoms with Gasteiger partial charge in [0.2, 0.25) is 11.5 Å². The van der Waals surface area contributed by atoms with E-state index in [4.69, 9.17) is 0 Å². The summed E-state index contributed by atoms with van der Waals surface area (Å²) in [5, 5.41) is 11.6. The molecule has 144 valence electrons. The molecule has 1 aliphatic heterocycles. The number of aromatic nitrogens is 2. The summed E-state index contributed by atoms with van der Waals surface area (Å²) in [7, 11) is 0. The van der Waals surface area contributed by atoms with Crippen LogP contribution in [-0.2, 0) is 0 Å². The summed E-state index contributed by atoms with van der Waals surface area (Å²) in [6.07, 6.45) is 1.62. The Balaban J connectivity index is 1.57. The first-order valence-electron chi connectivity index (χ1n) is 8.87. The van der Waals surface area contributed by atoms with E-state index in [0.29, 0.717) is 48.9 Å². The van der Waals surface area contributed by atoms with Crippen LogP contribution in [0.4, 0.5) is 21.7 Å². The van der Waals surface area contributed by atoms with Crippen LogP contribution in [-0.4, -0.2) is 46.3 Å². The highest BCUT2D eigenvalue weighted by atomic mass is 19.1. The third-order valence-corrected chi connectivity index (χ3v) is 4.93. The SMILES string of the molecule is CC(=O)c1ccc(N2CCN(c3nc4ccccn4c3[N+](=O)[O-])CC2)c(F)c1. The Bertz CT molecular complexity index is 1070. The molecule has 0 amide bonds. The van der Waals surface area contributed by atoms with Crippen molar-refractivity contribution in [1.29, 1.82) is 0 Å². The van der Waals surface area contributed by atoms with Gasteiger partial charge in [0.15, 0.2) is 5.78 Å². The summed E-state index contributed by atoms with van der Waals surface area (Å²) in [5.74, 6) is -0.376. The molecule has 0 atom stereocenters. The largest absolute Gasteiger partial charge is 0.372 e. The molecule has 0 saturated carbocycles. The van der Waals surface area contributed by atoms with Gasteiger partial charge in [0.25, 0.3) is 0 Å². The highest BCUT2D eigenvalue weighted by molar-refractivity contribution is 5.94. The second-order valence-corrected chi connectivity index (χ2v) is 6.64. The van der Waals surface area contributed by atoms with E-state index in [2.05, 4.69) is 4.98 Å². The van der Waals surface area contributed by atoms with Crippen LogP contribution >= 0.6 is 0 Å². The van der Waals surface area contributed by atoms with Gasteiger partial charge in [0.1, 0.15) is 5.82 Å². The van der Waals surface area contributed by atoms with Gasteiger partial charge < -0.3 is 19.9 Å². The van der Waals surface area contributed by atoms with Crippen LogP contribution in [0.2, 0.25) is 0 Å². The van der Waals surface area contributed by atoms with Gasteiger partial charge in [-0.1, -0.05) is 6.07 Å². The van der Waals surface area contributed by atoms with Gasteiger partial charge in [-0.05, 0) is 36.1 Å². The average Bonchev–Trinajstić information content (AvgIpc) is 3.08. The molecule has 4 rings (SSSR count). The lowest BCUT2D eigenvalue weighted by Gasteiger charge is -2.36. The summed E-state index contributed by atoms with van der Waals surface area (Å²) in [4.78, 5) is 30.7. The quantitative estimate of drug-likeness (QED) is 0.391. The minimum Gasteiger partial charge on any atom is -0.366 e. The van der Waals surface area contributed by atoms with E-state index >= 15 is 0 Å². The maximum absolute atomic E-state index is 14.4. The topological polar surface area (TPSA) is 84.0 Å². The number of rotatable bonds is 4. The molecule has 2 aromatic heterocycles. The molecule has 3 aromatic rings. The number of Topliss-reactive ketones (excluding diaryl/α,β-unsaturated/α-hetero) is 1. The van der Waals surface area contributed by atoms with Crippen LogP contribution in [0.5, 0.6) is 0 Å². The van der Waals surface area contributed by atoms with Crippen molar-refractivity contribution < 1.29 is 14.1 Å². The van der Waals surface area contributed by atoms with Crippen molar-refractivity contribution in [3.63, 3.8) is 0 Å². The molecule has 0 bridgehead atoms. The molecule has 0 unspecified atom stereocenters. The van der Waals surface area contributed by atoms with Gasteiger partial charge in [-0.2, -0.15) is 9.38 Å². The molecule has 3 heterocycles. The number of imidazole rings is 1. The van der Waals surface area contributed by atoms with Gasteiger partial charge in [-0.3, -0.25) is 4.79 Å². The van der Waals surface area contributed by atoms with E-state index in [-0.39, 0.29) is 11.6 Å². The number of nitro groups is 1. The monoisotopic (exact) mass is 383 g/mol. The van der Waals surface area contributed by atoms with E-state index in [1.807, 2.05) is 9.80 Å². The Morgan fingerprint density at radius 1 is 1.14 bits per heavy atom. The van der Waals surface area contributed by atoms with E-state index in [1.165, 1.54) is 17.4 Å². The first-order chi connectivity index (χ1) is 13.5. The maximum atomic E-state index is 14.4. The second kappa shape index (κ2) is 6.91. The van der Waals surface area contributed by atoms with Crippen LogP contribution < -0.4 is 9.80 Å². The van der Waals surface area contributed by atoms with Crippen LogP contribution in [0.1, 0.15) is 17.3 Å². The standard InChI is InChI=1S/C19H18FN5O3/c1-13(26)14-5-6-16(15(20)12-14)22-8-10-23(11-9-22)18-19(25(27)28)24-7-3-2-4-17(24)21-18/h2-7,12H,8-11H2,1H3. The Hall–Kier alpha value is -3.49. The lowest BCUT2D eigenvalue weighted by molar-refractivity contribution is -0.389. The molecule has 28 heavy (non-hydrogen) atoms. The number of anilines is 2. The molecule has 1 saturated heterocycles. The van der Waals surface area contributed by atoms with Crippen molar-refractivity contribution in [1.82, 2.24) is 9.38 Å². The number of pyridine rings is 1. The second-order valence-electron chi connectivity index (χ2n) is 6.64. The van der Waals surface area contributed by atoms with Crippen molar-refractivity contribution in [2.75, 3.05) is 36.0 Å². The van der Waals surface area contributed by atoms with Gasteiger partial charge in [0.05, 0.1) is 11.9 Å². The number of hydrogen-bond donors (Lipinski definition) is 0. The molecule has 0 aliphatic carbocycles. The van der Waals surface area contributed by atoms with Gasteiger partial charge in [-0.25, -0.2) is 4.39 Å². The molecular formula is C19H18FN5O3. The zero-order valence-corrected chi connectivity index (χ0v) is 15.2. The minimum absolute atomic E-state index is 0.0685. The lowest BCUT2D eigenvalue weighted by Crippen LogP contribution is -2.47.